The molecule has 1 aromatic carbocycles. The van der Waals surface area contributed by atoms with Gasteiger partial charge in [-0.2, -0.15) is 0 Å². The second-order valence-corrected chi connectivity index (χ2v) is 5.09. The lowest BCUT2D eigenvalue weighted by Crippen LogP contribution is -2.24. The Labute approximate surface area is 107 Å². The van der Waals surface area contributed by atoms with Crippen LogP contribution in [0.3, 0.4) is 0 Å². The summed E-state index contributed by atoms with van der Waals surface area (Å²) in [7, 11) is 3.62. The lowest BCUT2D eigenvalue weighted by atomic mass is 9.83. The van der Waals surface area contributed by atoms with Gasteiger partial charge in [-0.25, -0.2) is 0 Å². The Morgan fingerprint density at radius 2 is 2.06 bits per heavy atom. The third-order valence-corrected chi connectivity index (χ3v) is 3.65. The smallest absolute Gasteiger partial charge is 0.119 e. The monoisotopic (exact) mass is 246 g/mol. The molecule has 0 bridgehead atoms. The van der Waals surface area contributed by atoms with E-state index in [9.17, 15) is 4.91 Å². The summed E-state index contributed by atoms with van der Waals surface area (Å²) in [4.78, 5) is 12.9. The highest BCUT2D eigenvalue weighted by atomic mass is 16.5. The van der Waals surface area contributed by atoms with Crippen molar-refractivity contribution in [3.05, 3.63) is 40.1 Å². The standard InChI is InChI=1S/C14H18N2O2/c1-9(15-17)13-14(2,3)11-8-10(18-5)6-7-12(11)16(13)4/h6-8H,1-5H3. The zero-order valence-electron chi connectivity index (χ0n) is 11.4. The van der Waals surface area contributed by atoms with Gasteiger partial charge in [-0.3, -0.25) is 0 Å². The maximum absolute atomic E-state index is 10.8. The number of nitrogens with zero attached hydrogens (tertiary/aromatic N) is 2. The molecule has 1 aliphatic rings. The topological polar surface area (TPSA) is 41.9 Å². The number of nitroso groups, excluding NO2 is 1. The Balaban J connectivity index is 2.68. The highest BCUT2D eigenvalue weighted by molar-refractivity contribution is 5.71. The van der Waals surface area contributed by atoms with Crippen molar-refractivity contribution in [1.29, 1.82) is 0 Å². The largest absolute Gasteiger partial charge is 0.497 e. The van der Waals surface area contributed by atoms with Gasteiger partial charge in [-0.05, 0) is 35.9 Å². The molecule has 1 aromatic rings. The van der Waals surface area contributed by atoms with E-state index in [0.29, 0.717) is 5.70 Å². The van der Waals surface area contributed by atoms with Crippen molar-refractivity contribution in [1.82, 2.24) is 0 Å². The van der Waals surface area contributed by atoms with E-state index in [0.717, 1.165) is 22.7 Å². The molecule has 0 saturated carbocycles. The van der Waals surface area contributed by atoms with E-state index in [1.807, 2.05) is 30.1 Å². The fourth-order valence-corrected chi connectivity index (χ4v) is 2.84. The van der Waals surface area contributed by atoms with Crippen LogP contribution in [0.2, 0.25) is 0 Å². The van der Waals surface area contributed by atoms with Crippen LogP contribution < -0.4 is 9.64 Å². The van der Waals surface area contributed by atoms with E-state index in [1.165, 1.54) is 0 Å². The van der Waals surface area contributed by atoms with E-state index in [2.05, 4.69) is 19.0 Å². The number of rotatable bonds is 2. The molecule has 2 rings (SSSR count). The number of benzene rings is 1. The molecule has 0 aromatic heterocycles. The summed E-state index contributed by atoms with van der Waals surface area (Å²) in [6, 6.07) is 5.97. The molecule has 1 heterocycles. The first-order valence-corrected chi connectivity index (χ1v) is 5.90. The molecule has 0 atom stereocenters. The average Bonchev–Trinajstić information content (AvgIpc) is 2.56. The molecule has 4 nitrogen and oxygen atoms in total. The van der Waals surface area contributed by atoms with Gasteiger partial charge in [0, 0.05) is 18.2 Å². The number of ether oxygens (including phenoxy) is 1. The third kappa shape index (κ3) is 1.60. The molecule has 4 heteroatoms. The number of methoxy groups -OCH3 is 1. The number of hydrogen-bond donors (Lipinski definition) is 0. The highest BCUT2D eigenvalue weighted by Crippen LogP contribution is 2.49. The first-order valence-electron chi connectivity index (χ1n) is 5.90. The summed E-state index contributed by atoms with van der Waals surface area (Å²) in [5, 5.41) is 3.10. The second-order valence-electron chi connectivity index (χ2n) is 5.09. The molecule has 0 unspecified atom stereocenters. The predicted molar refractivity (Wildman–Crippen MR) is 72.9 cm³/mol. The molecule has 0 saturated heterocycles. The minimum absolute atomic E-state index is 0.239. The molecule has 1 aliphatic heterocycles. The zero-order valence-corrected chi connectivity index (χ0v) is 11.4. The summed E-state index contributed by atoms with van der Waals surface area (Å²) >= 11 is 0. The maximum atomic E-state index is 10.8. The van der Waals surface area contributed by atoms with Gasteiger partial charge < -0.3 is 9.64 Å². The Morgan fingerprint density at radius 1 is 1.39 bits per heavy atom. The van der Waals surface area contributed by atoms with Crippen LogP contribution in [0.15, 0.2) is 34.8 Å². The average molecular weight is 246 g/mol. The first-order chi connectivity index (χ1) is 8.43. The summed E-state index contributed by atoms with van der Waals surface area (Å²) in [5.41, 5.74) is 3.48. The fraction of sp³-hybridized carbons (Fsp3) is 0.429. The van der Waals surface area contributed by atoms with Gasteiger partial charge in [0.25, 0.3) is 0 Å². The van der Waals surface area contributed by atoms with Crippen LogP contribution in [0.5, 0.6) is 5.75 Å². The third-order valence-electron chi connectivity index (χ3n) is 3.65. The first kappa shape index (κ1) is 12.6. The van der Waals surface area contributed by atoms with Gasteiger partial charge in [0.2, 0.25) is 0 Å². The van der Waals surface area contributed by atoms with Crippen LogP contribution in [0.1, 0.15) is 26.3 Å². The van der Waals surface area contributed by atoms with Crippen LogP contribution in [-0.4, -0.2) is 14.2 Å². The molecule has 0 spiro atoms. The van der Waals surface area contributed by atoms with Crippen molar-refractivity contribution in [3.63, 3.8) is 0 Å². The van der Waals surface area contributed by atoms with E-state index in [4.69, 9.17) is 4.74 Å². The Bertz CT molecular complexity index is 533. The number of allylic oxidation sites excluding steroid dienone is 2. The lowest BCUT2D eigenvalue weighted by molar-refractivity contribution is 0.413. The molecule has 0 N–H and O–H groups in total. The van der Waals surface area contributed by atoms with Crippen molar-refractivity contribution in [3.8, 4) is 5.75 Å². The molecule has 0 aliphatic carbocycles. The van der Waals surface area contributed by atoms with Crippen LogP contribution >= 0.6 is 0 Å². The van der Waals surface area contributed by atoms with Crippen LogP contribution in [0.25, 0.3) is 0 Å². The molecule has 18 heavy (non-hydrogen) atoms. The SMILES string of the molecule is COc1ccc2c(c1)C(C)(C)C(=C(C)N=O)N2C. The molecular formula is C14H18N2O2. The van der Waals surface area contributed by atoms with Gasteiger partial charge >= 0.3 is 0 Å². The van der Waals surface area contributed by atoms with E-state index < -0.39 is 0 Å². The van der Waals surface area contributed by atoms with Crippen LogP contribution in [-0.2, 0) is 5.41 Å². The number of likely N-dealkylation sites (N-methyl/N-ethyl adjacent to an activating group) is 1. The van der Waals surface area contributed by atoms with Gasteiger partial charge in [0.1, 0.15) is 11.4 Å². The summed E-state index contributed by atoms with van der Waals surface area (Å²) < 4.78 is 5.27. The fourth-order valence-electron chi connectivity index (χ4n) is 2.84. The highest BCUT2D eigenvalue weighted by Gasteiger charge is 2.40. The molecule has 0 radical (unpaired) electrons. The van der Waals surface area contributed by atoms with Gasteiger partial charge in [-0.15, -0.1) is 4.91 Å². The normalized spacial score (nSPS) is 19.5. The molecular weight excluding hydrogens is 228 g/mol. The summed E-state index contributed by atoms with van der Waals surface area (Å²) in [6.07, 6.45) is 0. The van der Waals surface area contributed by atoms with Crippen molar-refractivity contribution >= 4 is 5.69 Å². The van der Waals surface area contributed by atoms with Crippen molar-refractivity contribution in [2.45, 2.75) is 26.2 Å². The van der Waals surface area contributed by atoms with Crippen LogP contribution in [0.4, 0.5) is 5.69 Å². The zero-order chi connectivity index (χ0) is 13.5. The van der Waals surface area contributed by atoms with E-state index in [-0.39, 0.29) is 5.41 Å². The van der Waals surface area contributed by atoms with Gasteiger partial charge in [-0.1, -0.05) is 13.8 Å². The maximum Gasteiger partial charge on any atom is 0.119 e. The van der Waals surface area contributed by atoms with E-state index >= 15 is 0 Å². The van der Waals surface area contributed by atoms with Crippen molar-refractivity contribution < 1.29 is 4.74 Å². The predicted octanol–water partition coefficient (Wildman–Crippen LogP) is 3.42. The van der Waals surface area contributed by atoms with Gasteiger partial charge in [0.15, 0.2) is 0 Å². The minimum atomic E-state index is -0.239. The van der Waals surface area contributed by atoms with Crippen molar-refractivity contribution in [2.24, 2.45) is 5.18 Å². The van der Waals surface area contributed by atoms with Crippen molar-refractivity contribution in [2.75, 3.05) is 19.1 Å². The minimum Gasteiger partial charge on any atom is -0.497 e. The second kappa shape index (κ2) is 4.12. The Hall–Kier alpha value is -1.84. The summed E-state index contributed by atoms with van der Waals surface area (Å²) in [6.45, 7) is 5.95. The Morgan fingerprint density at radius 3 is 2.61 bits per heavy atom. The quantitative estimate of drug-likeness (QED) is 0.751. The lowest BCUT2D eigenvalue weighted by Gasteiger charge is -2.24. The van der Waals surface area contributed by atoms with Gasteiger partial charge in [0.05, 0.1) is 12.8 Å². The molecule has 96 valence electrons. The molecule has 0 fully saturated rings. The number of fused-ring (bicyclic) bond motifs is 1. The summed E-state index contributed by atoms with van der Waals surface area (Å²) in [5.74, 6) is 0.827. The molecule has 0 amide bonds. The van der Waals surface area contributed by atoms with E-state index in [1.54, 1.807) is 14.0 Å². The Kier molecular flexibility index (Phi) is 2.89. The number of anilines is 1. The number of hydrogen-bond acceptors (Lipinski definition) is 4. The van der Waals surface area contributed by atoms with Crippen LogP contribution in [0, 0.1) is 4.91 Å².